The highest BCUT2D eigenvalue weighted by molar-refractivity contribution is 5.83. The van der Waals surface area contributed by atoms with E-state index < -0.39 is 0 Å². The molecule has 6 nitrogen and oxygen atoms in total. The Hall–Kier alpha value is -1.85. The Morgan fingerprint density at radius 1 is 1.29 bits per heavy atom. The lowest BCUT2D eigenvalue weighted by Crippen LogP contribution is -2.48. The smallest absolute Gasteiger partial charge is 0.227 e. The molecular formula is C18H28N4O2. The molecule has 3 fully saturated rings. The Morgan fingerprint density at radius 3 is 2.75 bits per heavy atom. The first-order valence-corrected chi connectivity index (χ1v) is 9.10. The van der Waals surface area contributed by atoms with Gasteiger partial charge in [0.25, 0.3) is 0 Å². The number of H-pyrrole nitrogens is 1. The second-order valence-corrected chi connectivity index (χ2v) is 7.18. The van der Waals surface area contributed by atoms with E-state index in [1.54, 1.807) is 0 Å². The summed E-state index contributed by atoms with van der Waals surface area (Å²) >= 11 is 0. The van der Waals surface area contributed by atoms with E-state index in [1.165, 1.54) is 0 Å². The summed E-state index contributed by atoms with van der Waals surface area (Å²) in [6, 6.07) is 0.203. The lowest BCUT2D eigenvalue weighted by Gasteiger charge is -2.35. The third kappa shape index (κ3) is 3.19. The average Bonchev–Trinajstić information content (AvgIpc) is 2.75. The summed E-state index contributed by atoms with van der Waals surface area (Å²) in [6.07, 6.45) is 4.05. The van der Waals surface area contributed by atoms with Crippen molar-refractivity contribution in [3.05, 3.63) is 17.0 Å². The molecule has 3 aliphatic rings. The van der Waals surface area contributed by atoms with Crippen molar-refractivity contribution in [2.75, 3.05) is 19.6 Å². The van der Waals surface area contributed by atoms with Crippen molar-refractivity contribution >= 4 is 11.8 Å². The van der Waals surface area contributed by atoms with Crippen LogP contribution in [0.2, 0.25) is 0 Å². The second-order valence-electron chi connectivity index (χ2n) is 7.18. The third-order valence-corrected chi connectivity index (χ3v) is 5.54. The molecule has 6 heteroatoms. The summed E-state index contributed by atoms with van der Waals surface area (Å²) in [7, 11) is 0. The molecule has 3 saturated heterocycles. The maximum atomic E-state index is 12.7. The van der Waals surface area contributed by atoms with Crippen LogP contribution in [-0.4, -0.2) is 57.5 Å². The minimum Gasteiger partial charge on any atom is -0.340 e. The number of hydrogen-bond donors (Lipinski definition) is 1. The normalized spacial score (nSPS) is 23.7. The molecule has 2 bridgehead atoms. The predicted molar refractivity (Wildman–Crippen MR) is 91.5 cm³/mol. The maximum absolute atomic E-state index is 12.7. The van der Waals surface area contributed by atoms with Crippen molar-refractivity contribution in [3.63, 3.8) is 0 Å². The van der Waals surface area contributed by atoms with Gasteiger partial charge < -0.3 is 9.80 Å². The van der Waals surface area contributed by atoms with Gasteiger partial charge in [-0.2, -0.15) is 5.10 Å². The van der Waals surface area contributed by atoms with Gasteiger partial charge in [0.15, 0.2) is 0 Å². The molecule has 132 valence electrons. The average molecular weight is 332 g/mol. The van der Waals surface area contributed by atoms with E-state index >= 15 is 0 Å². The van der Waals surface area contributed by atoms with Crippen LogP contribution < -0.4 is 0 Å². The first-order valence-electron chi connectivity index (χ1n) is 9.10. The molecule has 0 aromatic carbocycles. The van der Waals surface area contributed by atoms with E-state index in [1.807, 2.05) is 23.6 Å². The fourth-order valence-corrected chi connectivity index (χ4v) is 3.94. The number of aryl methyl sites for hydroxylation is 2. The zero-order chi connectivity index (χ0) is 17.3. The minimum atomic E-state index is -0.00591. The number of nitrogens with one attached hydrogen (secondary N) is 1. The zero-order valence-corrected chi connectivity index (χ0v) is 15.0. The van der Waals surface area contributed by atoms with Gasteiger partial charge in [0.05, 0.1) is 11.6 Å². The number of rotatable bonds is 5. The molecule has 24 heavy (non-hydrogen) atoms. The molecule has 0 aliphatic carbocycles. The van der Waals surface area contributed by atoms with Crippen LogP contribution in [0.3, 0.4) is 0 Å². The van der Waals surface area contributed by atoms with Gasteiger partial charge in [0.1, 0.15) is 0 Å². The van der Waals surface area contributed by atoms with E-state index in [4.69, 9.17) is 0 Å². The van der Waals surface area contributed by atoms with Crippen molar-refractivity contribution in [1.29, 1.82) is 0 Å². The lowest BCUT2D eigenvalue weighted by atomic mass is 9.94. The monoisotopic (exact) mass is 332 g/mol. The quantitative estimate of drug-likeness (QED) is 0.894. The summed E-state index contributed by atoms with van der Waals surface area (Å²) in [4.78, 5) is 29.2. The largest absolute Gasteiger partial charge is 0.340 e. The Kier molecular flexibility index (Phi) is 4.92. The number of fused-ring (bicyclic) bond motifs is 4. The molecule has 4 heterocycles. The number of aromatic amines is 1. The van der Waals surface area contributed by atoms with Crippen LogP contribution in [0.15, 0.2) is 0 Å². The zero-order valence-electron chi connectivity index (χ0n) is 15.0. The second kappa shape index (κ2) is 6.95. The van der Waals surface area contributed by atoms with E-state index in [9.17, 15) is 9.59 Å². The molecule has 4 rings (SSSR count). The van der Waals surface area contributed by atoms with Crippen molar-refractivity contribution in [2.45, 2.75) is 58.9 Å². The highest BCUT2D eigenvalue weighted by atomic mass is 16.2. The van der Waals surface area contributed by atoms with Gasteiger partial charge in [-0.1, -0.05) is 6.92 Å². The molecule has 2 atom stereocenters. The molecule has 0 spiro atoms. The number of carbonyl (C=O) groups is 2. The Balaban J connectivity index is 1.64. The topological polar surface area (TPSA) is 69.3 Å². The van der Waals surface area contributed by atoms with Crippen molar-refractivity contribution in [2.24, 2.45) is 5.92 Å². The molecule has 1 aromatic heterocycles. The third-order valence-electron chi connectivity index (χ3n) is 5.54. The Labute approximate surface area is 143 Å². The van der Waals surface area contributed by atoms with Crippen LogP contribution in [-0.2, 0) is 16.0 Å². The van der Waals surface area contributed by atoms with Crippen LogP contribution in [0.1, 0.15) is 49.6 Å². The summed E-state index contributed by atoms with van der Waals surface area (Å²) in [5.41, 5.74) is 3.18. The molecule has 0 radical (unpaired) electrons. The number of amides is 2. The highest BCUT2D eigenvalue weighted by Crippen LogP contribution is 2.29. The number of piperidine rings is 1. The fraction of sp³-hybridized carbons (Fsp3) is 0.722. The molecule has 3 aliphatic heterocycles. The Morgan fingerprint density at radius 2 is 2.08 bits per heavy atom. The van der Waals surface area contributed by atoms with Gasteiger partial charge in [-0.3, -0.25) is 14.7 Å². The van der Waals surface area contributed by atoms with Crippen LogP contribution in [0, 0.1) is 19.8 Å². The van der Waals surface area contributed by atoms with Crippen molar-refractivity contribution < 1.29 is 9.59 Å². The maximum Gasteiger partial charge on any atom is 0.227 e. The van der Waals surface area contributed by atoms with Gasteiger partial charge in [0.2, 0.25) is 11.8 Å². The molecule has 0 unspecified atom stereocenters. The van der Waals surface area contributed by atoms with Crippen LogP contribution in [0.25, 0.3) is 0 Å². The van der Waals surface area contributed by atoms with Crippen molar-refractivity contribution in [1.82, 2.24) is 20.0 Å². The standard InChI is InChI=1S/C18H28N4O2/c1-4-9-22-15-6-5-14(18(22)24)10-21(11-15)17(23)8-7-16-12(2)13(3)19-20-16/h14-15H,4-11H2,1-3H3,(H,19,20)/t14-,15+/m0/s1. The first kappa shape index (κ1) is 17.0. The number of nitrogens with zero attached hydrogens (tertiary/aromatic N) is 3. The van der Waals surface area contributed by atoms with Crippen LogP contribution >= 0.6 is 0 Å². The van der Waals surface area contributed by atoms with Gasteiger partial charge in [-0.05, 0) is 38.7 Å². The van der Waals surface area contributed by atoms with Crippen molar-refractivity contribution in [3.8, 4) is 0 Å². The summed E-state index contributed by atoms with van der Waals surface area (Å²) in [5, 5.41) is 7.26. The summed E-state index contributed by atoms with van der Waals surface area (Å²) < 4.78 is 0. The minimum absolute atomic E-state index is 0.00591. The van der Waals surface area contributed by atoms with Gasteiger partial charge >= 0.3 is 0 Å². The van der Waals surface area contributed by atoms with Crippen LogP contribution in [0.4, 0.5) is 0 Å². The van der Waals surface area contributed by atoms with E-state index in [2.05, 4.69) is 17.1 Å². The van der Waals surface area contributed by atoms with E-state index in [0.29, 0.717) is 25.9 Å². The van der Waals surface area contributed by atoms with E-state index in [0.717, 1.165) is 42.8 Å². The van der Waals surface area contributed by atoms with Gasteiger partial charge in [-0.25, -0.2) is 0 Å². The lowest BCUT2D eigenvalue weighted by molar-refractivity contribution is -0.139. The SMILES string of the molecule is CCCN1C(=O)[C@H]2CC[C@@H]1CN(C(=O)CCc1n[nH]c(C)c1C)C2. The van der Waals surface area contributed by atoms with Crippen LogP contribution in [0.5, 0.6) is 0 Å². The molecule has 2 amide bonds. The number of hydrogen-bond acceptors (Lipinski definition) is 3. The Bertz CT molecular complexity index is 625. The van der Waals surface area contributed by atoms with Gasteiger partial charge in [-0.15, -0.1) is 0 Å². The first-order chi connectivity index (χ1) is 11.5. The predicted octanol–water partition coefficient (Wildman–Crippen LogP) is 1.82. The summed E-state index contributed by atoms with van der Waals surface area (Å²) in [6.45, 7) is 8.23. The molecule has 1 N–H and O–H groups in total. The molecule has 1 aromatic rings. The fourth-order valence-electron chi connectivity index (χ4n) is 3.94. The van der Waals surface area contributed by atoms with Gasteiger partial charge in [0, 0.05) is 44.2 Å². The van der Waals surface area contributed by atoms with E-state index in [-0.39, 0.29) is 23.8 Å². The molecule has 0 saturated carbocycles. The highest BCUT2D eigenvalue weighted by Gasteiger charge is 2.41. The number of carbonyl (C=O) groups excluding carboxylic acids is 2. The molecular weight excluding hydrogens is 304 g/mol. The number of aromatic nitrogens is 2. The summed E-state index contributed by atoms with van der Waals surface area (Å²) in [5.74, 6) is 0.397.